The Morgan fingerprint density at radius 2 is 2.12 bits per heavy atom. The number of aromatic nitrogens is 3. The summed E-state index contributed by atoms with van der Waals surface area (Å²) in [6.45, 7) is 4.36. The SMILES string of the molecule is BrCC1(CN2CCn3cnnc3C2)CCCC1. The van der Waals surface area contributed by atoms with E-state index in [1.54, 1.807) is 0 Å². The Balaban J connectivity index is 1.67. The molecular weight excluding hydrogens is 280 g/mol. The molecule has 2 aliphatic rings. The molecule has 0 N–H and O–H groups in total. The second-order valence-corrected chi connectivity index (χ2v) is 6.05. The standard InChI is InChI=1S/C12H19BrN4/c13-8-12(3-1-2-4-12)9-16-5-6-17-10-14-15-11(17)7-16/h10H,1-9H2. The zero-order valence-electron chi connectivity index (χ0n) is 10.1. The lowest BCUT2D eigenvalue weighted by molar-refractivity contribution is 0.140. The minimum Gasteiger partial charge on any atom is -0.315 e. The molecule has 0 saturated heterocycles. The number of hydrogen-bond acceptors (Lipinski definition) is 3. The van der Waals surface area contributed by atoms with Crippen LogP contribution in [-0.2, 0) is 13.1 Å². The van der Waals surface area contributed by atoms with Crippen LogP contribution in [0.1, 0.15) is 31.5 Å². The highest BCUT2D eigenvalue weighted by molar-refractivity contribution is 9.09. The van der Waals surface area contributed by atoms with Crippen LogP contribution in [-0.4, -0.2) is 38.1 Å². The Kier molecular flexibility index (Phi) is 3.21. The fourth-order valence-electron chi connectivity index (χ4n) is 3.18. The van der Waals surface area contributed by atoms with Crippen LogP contribution in [0.15, 0.2) is 6.33 Å². The van der Waals surface area contributed by atoms with Crippen LogP contribution in [0.25, 0.3) is 0 Å². The molecule has 2 heterocycles. The molecule has 0 aromatic carbocycles. The highest BCUT2D eigenvalue weighted by Crippen LogP contribution is 2.40. The summed E-state index contributed by atoms with van der Waals surface area (Å²) in [4.78, 5) is 2.55. The van der Waals surface area contributed by atoms with E-state index in [0.717, 1.165) is 30.8 Å². The van der Waals surface area contributed by atoms with Gasteiger partial charge >= 0.3 is 0 Å². The van der Waals surface area contributed by atoms with Crippen LogP contribution in [0.3, 0.4) is 0 Å². The molecule has 0 spiro atoms. The molecule has 0 bridgehead atoms. The van der Waals surface area contributed by atoms with Crippen LogP contribution in [0, 0.1) is 5.41 Å². The molecule has 1 aliphatic heterocycles. The number of rotatable bonds is 3. The first-order valence-corrected chi connectivity index (χ1v) is 7.59. The van der Waals surface area contributed by atoms with Crippen molar-refractivity contribution in [3.05, 3.63) is 12.2 Å². The van der Waals surface area contributed by atoms with E-state index in [1.807, 2.05) is 6.33 Å². The summed E-state index contributed by atoms with van der Waals surface area (Å²) in [5.41, 5.74) is 0.516. The first-order chi connectivity index (χ1) is 8.31. The Morgan fingerprint density at radius 1 is 1.29 bits per heavy atom. The van der Waals surface area contributed by atoms with E-state index in [4.69, 9.17) is 0 Å². The van der Waals surface area contributed by atoms with Gasteiger partial charge in [-0.05, 0) is 18.3 Å². The molecule has 0 amide bonds. The van der Waals surface area contributed by atoms with E-state index in [9.17, 15) is 0 Å². The van der Waals surface area contributed by atoms with E-state index < -0.39 is 0 Å². The number of nitrogens with zero attached hydrogens (tertiary/aromatic N) is 4. The van der Waals surface area contributed by atoms with Crippen molar-refractivity contribution in [3.63, 3.8) is 0 Å². The van der Waals surface area contributed by atoms with E-state index >= 15 is 0 Å². The summed E-state index contributed by atoms with van der Waals surface area (Å²) in [7, 11) is 0. The first-order valence-electron chi connectivity index (χ1n) is 6.46. The van der Waals surface area contributed by atoms with Gasteiger partial charge in [0, 0.05) is 25.0 Å². The van der Waals surface area contributed by atoms with Gasteiger partial charge in [-0.2, -0.15) is 0 Å². The van der Waals surface area contributed by atoms with Gasteiger partial charge in [0.1, 0.15) is 12.2 Å². The van der Waals surface area contributed by atoms with Gasteiger partial charge in [0.2, 0.25) is 0 Å². The number of fused-ring (bicyclic) bond motifs is 1. The number of hydrogen-bond donors (Lipinski definition) is 0. The predicted molar refractivity (Wildman–Crippen MR) is 70.0 cm³/mol. The molecule has 4 nitrogen and oxygen atoms in total. The molecule has 0 atom stereocenters. The maximum absolute atomic E-state index is 4.19. The van der Waals surface area contributed by atoms with Gasteiger partial charge in [0.05, 0.1) is 6.54 Å². The molecule has 1 aromatic heterocycles. The molecule has 1 fully saturated rings. The summed E-state index contributed by atoms with van der Waals surface area (Å²) in [5.74, 6) is 1.12. The van der Waals surface area contributed by atoms with E-state index in [2.05, 4.69) is 35.6 Å². The molecular formula is C12H19BrN4. The van der Waals surface area contributed by atoms with Crippen LogP contribution < -0.4 is 0 Å². The smallest absolute Gasteiger partial charge is 0.147 e. The average molecular weight is 299 g/mol. The summed E-state index contributed by atoms with van der Waals surface area (Å²) < 4.78 is 2.17. The lowest BCUT2D eigenvalue weighted by Gasteiger charge is -2.36. The van der Waals surface area contributed by atoms with Crippen molar-refractivity contribution < 1.29 is 0 Å². The van der Waals surface area contributed by atoms with Crippen LogP contribution in [0.2, 0.25) is 0 Å². The van der Waals surface area contributed by atoms with Crippen LogP contribution in [0.5, 0.6) is 0 Å². The fraction of sp³-hybridized carbons (Fsp3) is 0.833. The third-order valence-corrected chi connectivity index (χ3v) is 5.41. The molecule has 5 heteroatoms. The topological polar surface area (TPSA) is 34.0 Å². The lowest BCUT2D eigenvalue weighted by Crippen LogP contribution is -2.41. The van der Waals surface area contributed by atoms with Gasteiger partial charge in [0.25, 0.3) is 0 Å². The largest absolute Gasteiger partial charge is 0.315 e. The summed E-state index contributed by atoms with van der Waals surface area (Å²) >= 11 is 3.72. The predicted octanol–water partition coefficient (Wildman–Crippen LogP) is 2.05. The quantitative estimate of drug-likeness (QED) is 0.801. The summed E-state index contributed by atoms with van der Waals surface area (Å²) in [6, 6.07) is 0. The number of halogens is 1. The zero-order chi connectivity index (χ0) is 11.7. The molecule has 1 saturated carbocycles. The highest BCUT2D eigenvalue weighted by Gasteiger charge is 2.35. The molecule has 1 aliphatic carbocycles. The van der Waals surface area contributed by atoms with E-state index in [0.29, 0.717) is 5.41 Å². The van der Waals surface area contributed by atoms with Gasteiger partial charge in [0.15, 0.2) is 0 Å². The van der Waals surface area contributed by atoms with E-state index in [1.165, 1.54) is 32.2 Å². The van der Waals surface area contributed by atoms with Gasteiger partial charge in [-0.3, -0.25) is 4.90 Å². The van der Waals surface area contributed by atoms with Crippen LogP contribution >= 0.6 is 15.9 Å². The monoisotopic (exact) mass is 298 g/mol. The van der Waals surface area contributed by atoms with Crippen molar-refractivity contribution in [1.29, 1.82) is 0 Å². The Morgan fingerprint density at radius 3 is 2.88 bits per heavy atom. The van der Waals surface area contributed by atoms with Crippen molar-refractivity contribution in [2.75, 3.05) is 18.4 Å². The Bertz CT molecular complexity index is 384. The Labute approximate surface area is 111 Å². The summed E-state index contributed by atoms with van der Waals surface area (Å²) in [6.07, 6.45) is 7.40. The molecule has 0 unspecified atom stereocenters. The average Bonchev–Trinajstić information content (AvgIpc) is 2.97. The maximum Gasteiger partial charge on any atom is 0.147 e. The van der Waals surface area contributed by atoms with Crippen molar-refractivity contribution >= 4 is 15.9 Å². The fourth-order valence-corrected chi connectivity index (χ4v) is 3.92. The molecule has 0 radical (unpaired) electrons. The molecule has 94 valence electrons. The normalized spacial score (nSPS) is 23.8. The molecule has 1 aromatic rings. The highest BCUT2D eigenvalue weighted by atomic mass is 79.9. The van der Waals surface area contributed by atoms with E-state index in [-0.39, 0.29) is 0 Å². The van der Waals surface area contributed by atoms with Gasteiger partial charge in [-0.1, -0.05) is 28.8 Å². The number of alkyl halides is 1. The van der Waals surface area contributed by atoms with Gasteiger partial charge in [-0.25, -0.2) is 0 Å². The maximum atomic E-state index is 4.19. The van der Waals surface area contributed by atoms with Crippen molar-refractivity contribution in [2.24, 2.45) is 5.41 Å². The second kappa shape index (κ2) is 4.69. The zero-order valence-corrected chi connectivity index (χ0v) is 11.7. The van der Waals surface area contributed by atoms with Crippen molar-refractivity contribution in [1.82, 2.24) is 19.7 Å². The van der Waals surface area contributed by atoms with Crippen molar-refractivity contribution in [3.8, 4) is 0 Å². The minimum atomic E-state index is 0.516. The molecule has 3 rings (SSSR count). The second-order valence-electron chi connectivity index (χ2n) is 5.49. The third kappa shape index (κ3) is 2.27. The van der Waals surface area contributed by atoms with Crippen LogP contribution in [0.4, 0.5) is 0 Å². The lowest BCUT2D eigenvalue weighted by atomic mass is 9.88. The van der Waals surface area contributed by atoms with Gasteiger partial charge in [-0.15, -0.1) is 10.2 Å². The Hall–Kier alpha value is -0.420. The molecule has 17 heavy (non-hydrogen) atoms. The van der Waals surface area contributed by atoms with Crippen molar-refractivity contribution in [2.45, 2.75) is 38.8 Å². The minimum absolute atomic E-state index is 0.516. The van der Waals surface area contributed by atoms with Gasteiger partial charge < -0.3 is 4.57 Å². The summed E-state index contributed by atoms with van der Waals surface area (Å²) in [5, 5.41) is 9.32. The third-order valence-electron chi connectivity index (χ3n) is 4.22. The first kappa shape index (κ1) is 11.7.